The van der Waals surface area contributed by atoms with Crippen molar-refractivity contribution in [3.63, 3.8) is 0 Å². The molecule has 1 aliphatic carbocycles. The summed E-state index contributed by atoms with van der Waals surface area (Å²) in [6, 6.07) is 3.54. The molecule has 0 aliphatic heterocycles. The van der Waals surface area contributed by atoms with Crippen LogP contribution in [0.4, 0.5) is 0 Å². The van der Waals surface area contributed by atoms with Crippen LogP contribution in [0.5, 0.6) is 0 Å². The summed E-state index contributed by atoms with van der Waals surface area (Å²) in [7, 11) is 0. The Labute approximate surface area is 118 Å². The van der Waals surface area contributed by atoms with Crippen LogP contribution in [0.15, 0.2) is 22.8 Å². The first-order valence-electron chi connectivity index (χ1n) is 6.80. The second-order valence-electron chi connectivity index (χ2n) is 6.23. The lowest BCUT2D eigenvalue weighted by Crippen LogP contribution is -2.50. The van der Waals surface area contributed by atoms with Crippen molar-refractivity contribution >= 4 is 11.9 Å². The number of nitrogens with one attached hydrogen (secondary N) is 1. The van der Waals surface area contributed by atoms with E-state index >= 15 is 0 Å². The number of carbonyl (C=O) groups excluding carboxylic acids is 2. The maximum atomic E-state index is 12.3. The van der Waals surface area contributed by atoms with E-state index in [1.54, 1.807) is 25.3 Å². The van der Waals surface area contributed by atoms with E-state index in [1.807, 2.05) is 13.8 Å². The Bertz CT molecular complexity index is 506. The number of hydrogen-bond acceptors (Lipinski definition) is 4. The predicted octanol–water partition coefficient (Wildman–Crippen LogP) is 1.09. The van der Waals surface area contributed by atoms with Gasteiger partial charge in [0.15, 0.2) is 0 Å². The minimum atomic E-state index is -1.08. The second kappa shape index (κ2) is 4.96. The molecule has 0 bridgehead atoms. The van der Waals surface area contributed by atoms with Gasteiger partial charge in [-0.15, -0.1) is 0 Å². The monoisotopic (exact) mass is 278 g/mol. The Morgan fingerprint density at radius 2 is 2.15 bits per heavy atom. The van der Waals surface area contributed by atoms with E-state index in [2.05, 4.69) is 5.32 Å². The molecule has 2 rings (SSSR count). The van der Waals surface area contributed by atoms with Gasteiger partial charge in [0.25, 0.3) is 0 Å². The number of hydrogen-bond donors (Lipinski definition) is 1. The van der Waals surface area contributed by atoms with Crippen LogP contribution in [-0.4, -0.2) is 11.9 Å². The van der Waals surface area contributed by atoms with Crippen LogP contribution in [-0.2, 0) is 16.1 Å². The van der Waals surface area contributed by atoms with E-state index in [1.165, 1.54) is 0 Å². The van der Waals surface area contributed by atoms with E-state index < -0.39 is 16.8 Å². The lowest BCUT2D eigenvalue weighted by molar-refractivity contribution is -0.323. The number of carboxylic acids is 1. The zero-order valence-corrected chi connectivity index (χ0v) is 12.1. The zero-order valence-electron chi connectivity index (χ0n) is 12.1. The molecule has 1 fully saturated rings. The zero-order chi connectivity index (χ0) is 15.0. The van der Waals surface area contributed by atoms with Crippen LogP contribution in [0, 0.1) is 16.7 Å². The average molecular weight is 278 g/mol. The molecule has 0 spiro atoms. The molecule has 1 N–H and O–H groups in total. The first kappa shape index (κ1) is 14.6. The summed E-state index contributed by atoms with van der Waals surface area (Å²) >= 11 is 0. The number of carboxylic acid groups (broad SMARTS) is 1. The molecule has 1 aliphatic rings. The van der Waals surface area contributed by atoms with E-state index in [9.17, 15) is 14.7 Å². The predicted molar refractivity (Wildman–Crippen MR) is 70.2 cm³/mol. The van der Waals surface area contributed by atoms with Crippen LogP contribution in [0.2, 0.25) is 0 Å². The van der Waals surface area contributed by atoms with Gasteiger partial charge in [-0.1, -0.05) is 20.8 Å². The van der Waals surface area contributed by atoms with Crippen molar-refractivity contribution < 1.29 is 19.1 Å². The van der Waals surface area contributed by atoms with Crippen LogP contribution < -0.4 is 10.4 Å². The van der Waals surface area contributed by atoms with Crippen LogP contribution >= 0.6 is 0 Å². The Balaban J connectivity index is 2.06. The van der Waals surface area contributed by atoms with E-state index in [0.29, 0.717) is 25.1 Å². The maximum absolute atomic E-state index is 12.3. The Hall–Kier alpha value is -1.78. The SMILES string of the molecule is CC1(C)[C@H](C(=O)NCc2ccco2)CC[C@@]1(C)C(=O)[O-]. The molecule has 1 saturated carbocycles. The Morgan fingerprint density at radius 1 is 1.45 bits per heavy atom. The van der Waals surface area contributed by atoms with Gasteiger partial charge in [-0.3, -0.25) is 4.79 Å². The van der Waals surface area contributed by atoms with Crippen molar-refractivity contribution in [1.82, 2.24) is 5.32 Å². The van der Waals surface area contributed by atoms with Gasteiger partial charge in [-0.25, -0.2) is 0 Å². The summed E-state index contributed by atoms with van der Waals surface area (Å²) in [5.41, 5.74) is -1.61. The quantitative estimate of drug-likeness (QED) is 0.893. The lowest BCUT2D eigenvalue weighted by atomic mass is 9.65. The summed E-state index contributed by atoms with van der Waals surface area (Å²) in [6.45, 7) is 5.64. The van der Waals surface area contributed by atoms with Gasteiger partial charge in [0.1, 0.15) is 5.76 Å². The first-order chi connectivity index (χ1) is 9.29. The molecule has 1 heterocycles. The van der Waals surface area contributed by atoms with Crippen molar-refractivity contribution in [1.29, 1.82) is 0 Å². The minimum absolute atomic E-state index is 0.128. The highest BCUT2D eigenvalue weighted by atomic mass is 16.4. The highest BCUT2D eigenvalue weighted by molar-refractivity contribution is 5.83. The summed E-state index contributed by atoms with van der Waals surface area (Å²) in [5.74, 6) is -0.864. The number of amides is 1. The third kappa shape index (κ3) is 2.21. The van der Waals surface area contributed by atoms with Crippen molar-refractivity contribution in [3.05, 3.63) is 24.2 Å². The Kier molecular flexibility index (Phi) is 3.63. The van der Waals surface area contributed by atoms with Crippen molar-refractivity contribution in [2.45, 2.75) is 40.2 Å². The maximum Gasteiger partial charge on any atom is 0.224 e. The molecule has 0 unspecified atom stereocenters. The molecule has 5 nitrogen and oxygen atoms in total. The van der Waals surface area contributed by atoms with Gasteiger partial charge in [0.2, 0.25) is 5.91 Å². The number of aliphatic carboxylic acids is 1. The molecular weight excluding hydrogens is 258 g/mol. The van der Waals surface area contributed by atoms with E-state index in [-0.39, 0.29) is 11.8 Å². The topological polar surface area (TPSA) is 82.4 Å². The van der Waals surface area contributed by atoms with Crippen LogP contribution in [0.3, 0.4) is 0 Å². The van der Waals surface area contributed by atoms with Gasteiger partial charge in [0.05, 0.1) is 12.8 Å². The van der Waals surface area contributed by atoms with E-state index in [4.69, 9.17) is 4.42 Å². The average Bonchev–Trinajstić information content (AvgIpc) is 2.95. The molecular formula is C15H20NO4-. The normalized spacial score (nSPS) is 28.2. The number of carbonyl (C=O) groups is 2. The van der Waals surface area contributed by atoms with Crippen LogP contribution in [0.1, 0.15) is 39.4 Å². The summed E-state index contributed by atoms with van der Waals surface area (Å²) in [6.07, 6.45) is 2.57. The number of furan rings is 1. The van der Waals surface area contributed by atoms with Crippen molar-refractivity contribution in [2.75, 3.05) is 0 Å². The molecule has 2 atom stereocenters. The van der Waals surface area contributed by atoms with Gasteiger partial charge in [0, 0.05) is 17.3 Å². The third-order valence-corrected chi connectivity index (χ3v) is 5.01. The van der Waals surface area contributed by atoms with Gasteiger partial charge < -0.3 is 19.6 Å². The molecule has 1 amide bonds. The smallest absolute Gasteiger partial charge is 0.224 e. The summed E-state index contributed by atoms with van der Waals surface area (Å²) in [5, 5.41) is 14.2. The molecule has 0 aromatic carbocycles. The standard InChI is InChI=1S/C15H21NO4/c1-14(2)11(6-7-15(14,3)13(18)19)12(17)16-9-10-5-4-8-20-10/h4-5,8,11H,6-7,9H2,1-3H3,(H,16,17)(H,18,19)/p-1/t11-,15-/m0/s1. The second-order valence-corrected chi connectivity index (χ2v) is 6.23. The molecule has 1 aromatic heterocycles. The summed E-state index contributed by atoms with van der Waals surface area (Å²) < 4.78 is 5.16. The fourth-order valence-corrected chi connectivity index (χ4v) is 3.04. The highest BCUT2D eigenvalue weighted by Gasteiger charge is 2.54. The van der Waals surface area contributed by atoms with Gasteiger partial charge >= 0.3 is 0 Å². The van der Waals surface area contributed by atoms with Crippen molar-refractivity contribution in [3.8, 4) is 0 Å². The summed E-state index contributed by atoms with van der Waals surface area (Å²) in [4.78, 5) is 23.7. The Morgan fingerprint density at radius 3 is 2.65 bits per heavy atom. The lowest BCUT2D eigenvalue weighted by Gasteiger charge is -2.41. The minimum Gasteiger partial charge on any atom is -0.550 e. The van der Waals surface area contributed by atoms with Gasteiger partial charge in [-0.2, -0.15) is 0 Å². The molecule has 5 heteroatoms. The fraction of sp³-hybridized carbons (Fsp3) is 0.600. The first-order valence-corrected chi connectivity index (χ1v) is 6.80. The molecule has 0 saturated heterocycles. The van der Waals surface area contributed by atoms with Crippen LogP contribution in [0.25, 0.3) is 0 Å². The highest BCUT2D eigenvalue weighted by Crippen LogP contribution is 2.55. The third-order valence-electron chi connectivity index (χ3n) is 5.01. The molecule has 110 valence electrons. The molecule has 20 heavy (non-hydrogen) atoms. The number of rotatable bonds is 4. The van der Waals surface area contributed by atoms with E-state index in [0.717, 1.165) is 0 Å². The molecule has 0 radical (unpaired) electrons. The molecule has 1 aromatic rings. The largest absolute Gasteiger partial charge is 0.550 e. The van der Waals surface area contributed by atoms with Crippen molar-refractivity contribution in [2.24, 2.45) is 16.7 Å². The van der Waals surface area contributed by atoms with Gasteiger partial charge in [-0.05, 0) is 30.4 Å². The fourth-order valence-electron chi connectivity index (χ4n) is 3.04.